The number of carbonyl (C=O) groups excluding carboxylic acids is 1. The molecule has 1 N–H and O–H groups in total. The molecule has 1 aliphatic heterocycles. The molecular formula is C18H24N4O3. The lowest BCUT2D eigenvalue weighted by molar-refractivity contribution is -0.135. The number of imidazole rings is 1. The molecular weight excluding hydrogens is 320 g/mol. The maximum absolute atomic E-state index is 12.8. The van der Waals surface area contributed by atoms with Crippen molar-refractivity contribution in [2.45, 2.75) is 39.0 Å². The van der Waals surface area contributed by atoms with E-state index in [2.05, 4.69) is 22.2 Å². The first-order chi connectivity index (χ1) is 12.2. The molecule has 0 aliphatic carbocycles. The van der Waals surface area contributed by atoms with Gasteiger partial charge in [-0.3, -0.25) is 9.78 Å². The van der Waals surface area contributed by atoms with Gasteiger partial charge in [-0.15, -0.1) is 0 Å². The van der Waals surface area contributed by atoms with Gasteiger partial charge in [0, 0.05) is 43.9 Å². The summed E-state index contributed by atoms with van der Waals surface area (Å²) >= 11 is 0. The quantitative estimate of drug-likeness (QED) is 0.868. The summed E-state index contributed by atoms with van der Waals surface area (Å²) < 4.78 is 13.2. The molecule has 3 rings (SSSR count). The van der Waals surface area contributed by atoms with Crippen LogP contribution in [0, 0.1) is 5.92 Å². The number of hydrogen-bond donors (Lipinski definition) is 1. The summed E-state index contributed by atoms with van der Waals surface area (Å²) in [4.78, 5) is 21.2. The zero-order valence-corrected chi connectivity index (χ0v) is 14.6. The van der Waals surface area contributed by atoms with Crippen LogP contribution in [0.1, 0.15) is 37.3 Å². The maximum Gasteiger partial charge on any atom is 0.226 e. The van der Waals surface area contributed by atoms with E-state index in [9.17, 15) is 4.79 Å². The highest BCUT2D eigenvalue weighted by Crippen LogP contribution is 2.33. The smallest absolute Gasteiger partial charge is 0.226 e. The Balaban J connectivity index is 1.71. The van der Waals surface area contributed by atoms with Gasteiger partial charge in [0.15, 0.2) is 0 Å². The molecule has 1 aliphatic rings. The molecule has 0 unspecified atom stereocenters. The molecule has 0 radical (unpaired) electrons. The maximum atomic E-state index is 12.8. The van der Waals surface area contributed by atoms with E-state index in [0.717, 1.165) is 30.8 Å². The summed E-state index contributed by atoms with van der Waals surface area (Å²) in [6, 6.07) is 1.84. The van der Waals surface area contributed by atoms with Crippen LogP contribution in [0.2, 0.25) is 0 Å². The molecule has 7 nitrogen and oxygen atoms in total. The second-order valence-electron chi connectivity index (χ2n) is 6.02. The number of ether oxygens (including phenoxy) is 2. The van der Waals surface area contributed by atoms with Gasteiger partial charge in [0.25, 0.3) is 0 Å². The summed E-state index contributed by atoms with van der Waals surface area (Å²) in [5, 5.41) is 3.01. The van der Waals surface area contributed by atoms with Gasteiger partial charge in [0.2, 0.25) is 5.91 Å². The number of hydrogen-bond acceptors (Lipinski definition) is 5. The van der Waals surface area contributed by atoms with Crippen molar-refractivity contribution in [1.82, 2.24) is 19.9 Å². The van der Waals surface area contributed by atoms with Crippen molar-refractivity contribution < 1.29 is 14.3 Å². The van der Waals surface area contributed by atoms with Crippen LogP contribution in [0.25, 0.3) is 0 Å². The normalized spacial score (nSPS) is 20.2. The lowest BCUT2D eigenvalue weighted by atomic mass is 9.92. The van der Waals surface area contributed by atoms with E-state index in [4.69, 9.17) is 9.47 Å². The highest BCUT2D eigenvalue weighted by atomic mass is 16.5. The Bertz CT molecular complexity index is 716. The van der Waals surface area contributed by atoms with Crippen molar-refractivity contribution in [3.63, 3.8) is 0 Å². The topological polar surface area (TPSA) is 78.3 Å². The highest BCUT2D eigenvalue weighted by molar-refractivity contribution is 5.79. The molecule has 1 saturated heterocycles. The van der Waals surface area contributed by atoms with Crippen molar-refractivity contribution >= 4 is 5.91 Å². The molecule has 7 heteroatoms. The lowest BCUT2D eigenvalue weighted by Gasteiger charge is -2.30. The van der Waals surface area contributed by atoms with E-state index in [1.165, 1.54) is 0 Å². The minimum atomic E-state index is -0.303. The number of nitrogens with zero attached hydrogens (tertiary/aromatic N) is 3. The summed E-state index contributed by atoms with van der Waals surface area (Å²) in [7, 11) is 1.60. The Hall–Kier alpha value is -2.41. The second kappa shape index (κ2) is 8.11. The molecule has 0 spiro atoms. The third-order valence-electron chi connectivity index (χ3n) is 4.55. The van der Waals surface area contributed by atoms with Gasteiger partial charge >= 0.3 is 0 Å². The number of carbonyl (C=O) groups is 1. The predicted octanol–water partition coefficient (Wildman–Crippen LogP) is 2.09. The Morgan fingerprint density at radius 1 is 1.48 bits per heavy atom. The van der Waals surface area contributed by atoms with E-state index in [0.29, 0.717) is 18.9 Å². The zero-order valence-electron chi connectivity index (χ0n) is 14.6. The third kappa shape index (κ3) is 3.82. The van der Waals surface area contributed by atoms with Crippen LogP contribution in [0.5, 0.6) is 5.75 Å². The molecule has 0 saturated carbocycles. The van der Waals surface area contributed by atoms with Gasteiger partial charge in [-0.2, -0.15) is 0 Å². The van der Waals surface area contributed by atoms with Gasteiger partial charge < -0.3 is 19.4 Å². The van der Waals surface area contributed by atoms with E-state index < -0.39 is 0 Å². The fourth-order valence-corrected chi connectivity index (χ4v) is 3.20. The lowest BCUT2D eigenvalue weighted by Crippen LogP contribution is -2.38. The number of rotatable bonds is 6. The molecule has 3 heterocycles. The first-order valence-corrected chi connectivity index (χ1v) is 8.61. The molecule has 0 aromatic carbocycles. The molecule has 1 fully saturated rings. The molecule has 1 amide bonds. The van der Waals surface area contributed by atoms with Gasteiger partial charge in [0.05, 0.1) is 19.2 Å². The van der Waals surface area contributed by atoms with E-state index in [1.54, 1.807) is 25.7 Å². The number of methoxy groups -OCH3 is 1. The number of nitrogens with one attached hydrogen (secondary N) is 1. The first-order valence-electron chi connectivity index (χ1n) is 8.61. The fraction of sp³-hybridized carbons (Fsp3) is 0.500. The monoisotopic (exact) mass is 344 g/mol. The Morgan fingerprint density at radius 3 is 3.16 bits per heavy atom. The van der Waals surface area contributed by atoms with Gasteiger partial charge in [-0.05, 0) is 25.8 Å². The van der Waals surface area contributed by atoms with E-state index in [1.807, 2.05) is 16.8 Å². The average molecular weight is 344 g/mol. The van der Waals surface area contributed by atoms with Crippen LogP contribution in [0.4, 0.5) is 0 Å². The molecule has 2 atom stereocenters. The molecule has 2 aromatic heterocycles. The first kappa shape index (κ1) is 17.4. The Kier molecular flexibility index (Phi) is 5.65. The van der Waals surface area contributed by atoms with Crippen molar-refractivity contribution in [3.05, 3.63) is 42.2 Å². The highest BCUT2D eigenvalue weighted by Gasteiger charge is 2.35. The van der Waals surface area contributed by atoms with Crippen LogP contribution in [0.3, 0.4) is 0 Å². The van der Waals surface area contributed by atoms with Crippen LogP contribution < -0.4 is 10.1 Å². The van der Waals surface area contributed by atoms with Crippen LogP contribution in [-0.2, 0) is 22.6 Å². The SMILES string of the molecule is CCn1ccnc1[C@@H]1OCCC[C@H]1C(=O)NCc1ccncc1OC. The molecule has 0 bridgehead atoms. The minimum Gasteiger partial charge on any atom is -0.495 e. The number of aryl methyl sites for hydroxylation is 1. The summed E-state index contributed by atoms with van der Waals surface area (Å²) in [5.74, 6) is 1.23. The van der Waals surface area contributed by atoms with E-state index >= 15 is 0 Å². The van der Waals surface area contributed by atoms with Gasteiger partial charge in [0.1, 0.15) is 17.7 Å². The van der Waals surface area contributed by atoms with Gasteiger partial charge in [-0.1, -0.05) is 0 Å². The molecule has 2 aromatic rings. The summed E-state index contributed by atoms with van der Waals surface area (Å²) in [5.41, 5.74) is 0.897. The molecule has 134 valence electrons. The van der Waals surface area contributed by atoms with Crippen molar-refractivity contribution in [2.24, 2.45) is 5.92 Å². The van der Waals surface area contributed by atoms with Crippen molar-refractivity contribution in [3.8, 4) is 5.75 Å². The standard InChI is InChI=1S/C18H24N4O3/c1-3-22-9-8-20-17(22)16-14(5-4-10-25-16)18(23)21-11-13-6-7-19-12-15(13)24-2/h6-9,12,14,16H,3-5,10-11H2,1-2H3,(H,21,23)/t14-,16-/m1/s1. The predicted molar refractivity (Wildman–Crippen MR) is 92.0 cm³/mol. The van der Waals surface area contributed by atoms with Crippen molar-refractivity contribution in [1.29, 1.82) is 0 Å². The van der Waals surface area contributed by atoms with Crippen LogP contribution in [-0.4, -0.2) is 34.2 Å². The number of pyridine rings is 1. The average Bonchev–Trinajstić information content (AvgIpc) is 3.15. The number of amides is 1. The van der Waals surface area contributed by atoms with Gasteiger partial charge in [-0.25, -0.2) is 4.98 Å². The van der Waals surface area contributed by atoms with Crippen LogP contribution in [0.15, 0.2) is 30.9 Å². The Labute approximate surface area is 147 Å². The third-order valence-corrected chi connectivity index (χ3v) is 4.55. The summed E-state index contributed by atoms with van der Waals surface area (Å²) in [6.07, 6.45) is 8.38. The van der Waals surface area contributed by atoms with Crippen LogP contribution >= 0.6 is 0 Å². The second-order valence-corrected chi connectivity index (χ2v) is 6.02. The van der Waals surface area contributed by atoms with E-state index in [-0.39, 0.29) is 17.9 Å². The molecule has 25 heavy (non-hydrogen) atoms. The zero-order chi connectivity index (χ0) is 17.6. The summed E-state index contributed by atoms with van der Waals surface area (Å²) in [6.45, 7) is 3.91. The number of aromatic nitrogens is 3. The Morgan fingerprint density at radius 2 is 2.36 bits per heavy atom. The van der Waals surface area contributed by atoms with Crippen molar-refractivity contribution in [2.75, 3.05) is 13.7 Å². The fourth-order valence-electron chi connectivity index (χ4n) is 3.20. The largest absolute Gasteiger partial charge is 0.495 e. The minimum absolute atomic E-state index is 0.0192.